The van der Waals surface area contributed by atoms with Crippen LogP contribution >= 0.6 is 11.6 Å². The monoisotopic (exact) mass is 479 g/mol. The molecule has 2 aromatic carbocycles. The molecule has 2 aromatic rings. The molecule has 1 aliphatic rings. The molecule has 10 heteroatoms. The van der Waals surface area contributed by atoms with Gasteiger partial charge >= 0.3 is 0 Å². The molecule has 0 unspecified atom stereocenters. The first kappa shape index (κ1) is 24.0. The lowest BCUT2D eigenvalue weighted by Gasteiger charge is -2.35. The Morgan fingerprint density at radius 3 is 2.00 bits per heavy atom. The van der Waals surface area contributed by atoms with Crippen molar-refractivity contribution in [3.63, 3.8) is 0 Å². The summed E-state index contributed by atoms with van der Waals surface area (Å²) in [5.41, 5.74) is 0.324. The van der Waals surface area contributed by atoms with E-state index < -0.39 is 10.0 Å². The molecule has 8 nitrogen and oxygen atoms in total. The maximum atomic E-state index is 13.1. The van der Waals surface area contributed by atoms with Crippen molar-refractivity contribution in [1.82, 2.24) is 14.1 Å². The summed E-state index contributed by atoms with van der Waals surface area (Å²) in [5.74, 6) is -0.782. The minimum absolute atomic E-state index is 0.0160. The molecule has 1 fully saturated rings. The van der Waals surface area contributed by atoms with Crippen molar-refractivity contribution < 1.29 is 23.1 Å². The van der Waals surface area contributed by atoms with Gasteiger partial charge in [-0.15, -0.1) is 0 Å². The number of phenols is 1. The highest BCUT2D eigenvalue weighted by Gasteiger charge is 2.29. The van der Waals surface area contributed by atoms with Crippen molar-refractivity contribution in [1.29, 1.82) is 0 Å². The second-order valence-corrected chi connectivity index (χ2v) is 9.68. The van der Waals surface area contributed by atoms with E-state index in [-0.39, 0.29) is 64.8 Å². The number of carbonyl (C=O) groups excluding carboxylic acids is 2. The number of piperazine rings is 1. The first-order chi connectivity index (χ1) is 15.2. The summed E-state index contributed by atoms with van der Waals surface area (Å²) in [5, 5.41) is 10.1. The summed E-state index contributed by atoms with van der Waals surface area (Å²) in [7, 11) is -3.73. The van der Waals surface area contributed by atoms with Crippen LogP contribution in [0.25, 0.3) is 0 Å². The number of rotatable bonds is 6. The van der Waals surface area contributed by atoms with E-state index in [1.165, 1.54) is 28.6 Å². The molecule has 0 atom stereocenters. The van der Waals surface area contributed by atoms with E-state index in [2.05, 4.69) is 0 Å². The fourth-order valence-corrected chi connectivity index (χ4v) is 5.33. The number of aromatic hydroxyl groups is 1. The van der Waals surface area contributed by atoms with E-state index in [0.717, 1.165) is 0 Å². The lowest BCUT2D eigenvalue weighted by Crippen LogP contribution is -2.50. The third-order valence-electron chi connectivity index (χ3n) is 5.50. The Morgan fingerprint density at radius 2 is 1.47 bits per heavy atom. The van der Waals surface area contributed by atoms with Crippen LogP contribution in [0.3, 0.4) is 0 Å². The molecule has 0 saturated carbocycles. The van der Waals surface area contributed by atoms with E-state index in [1.807, 2.05) is 0 Å². The van der Waals surface area contributed by atoms with Crippen molar-refractivity contribution in [3.8, 4) is 5.75 Å². The molecule has 1 saturated heterocycles. The second kappa shape index (κ2) is 9.89. The highest BCUT2D eigenvalue weighted by Crippen LogP contribution is 2.25. The minimum Gasteiger partial charge on any atom is -0.507 e. The zero-order valence-corrected chi connectivity index (χ0v) is 19.6. The van der Waals surface area contributed by atoms with Crippen molar-refractivity contribution >= 4 is 33.4 Å². The average Bonchev–Trinajstić information content (AvgIpc) is 2.79. The lowest BCUT2D eigenvalue weighted by atomic mass is 10.1. The number of hydrogen-bond donors (Lipinski definition) is 1. The van der Waals surface area contributed by atoms with Crippen LogP contribution < -0.4 is 0 Å². The summed E-state index contributed by atoms with van der Waals surface area (Å²) in [6.07, 6.45) is 0. The number of nitrogens with zero attached hydrogens (tertiary/aromatic N) is 3. The third kappa shape index (κ3) is 4.74. The minimum atomic E-state index is -3.73. The molecule has 1 heterocycles. The van der Waals surface area contributed by atoms with Gasteiger partial charge < -0.3 is 14.9 Å². The summed E-state index contributed by atoms with van der Waals surface area (Å²) in [4.78, 5) is 28.9. The molecule has 2 amide bonds. The standard InChI is InChI=1S/C22H26ClN3O5S/c1-3-26(4-2)32(30,31)16-9-10-19(23)18(15-16)22(29)25-13-11-24(12-14-25)21(28)17-7-5-6-8-20(17)27/h5-10,15,27H,3-4,11-14H2,1-2H3. The van der Waals surface area contributed by atoms with Crippen LogP contribution in [0, 0.1) is 0 Å². The van der Waals surface area contributed by atoms with Crippen LogP contribution in [0.2, 0.25) is 5.02 Å². The molecule has 32 heavy (non-hydrogen) atoms. The lowest BCUT2D eigenvalue weighted by molar-refractivity contribution is 0.0533. The third-order valence-corrected chi connectivity index (χ3v) is 7.88. The molecule has 172 valence electrons. The molecular weight excluding hydrogens is 454 g/mol. The number of hydrogen-bond acceptors (Lipinski definition) is 5. The van der Waals surface area contributed by atoms with Crippen molar-refractivity contribution in [2.75, 3.05) is 39.3 Å². The van der Waals surface area contributed by atoms with Gasteiger partial charge in [-0.2, -0.15) is 4.31 Å². The van der Waals surface area contributed by atoms with Crippen molar-refractivity contribution in [3.05, 3.63) is 58.6 Å². The van der Waals surface area contributed by atoms with Gasteiger partial charge in [0, 0.05) is 39.3 Å². The summed E-state index contributed by atoms with van der Waals surface area (Å²) >= 11 is 6.24. The summed E-state index contributed by atoms with van der Waals surface area (Å²) < 4.78 is 27.0. The Bertz CT molecular complexity index is 1110. The molecule has 0 radical (unpaired) electrons. The average molecular weight is 480 g/mol. The Kier molecular flexibility index (Phi) is 7.43. The molecule has 3 rings (SSSR count). The zero-order valence-electron chi connectivity index (χ0n) is 18.0. The molecule has 0 spiro atoms. The fourth-order valence-electron chi connectivity index (χ4n) is 3.65. The number of halogens is 1. The predicted molar refractivity (Wildman–Crippen MR) is 121 cm³/mol. The van der Waals surface area contributed by atoms with Gasteiger partial charge in [-0.25, -0.2) is 8.42 Å². The van der Waals surface area contributed by atoms with Crippen LogP contribution in [0.4, 0.5) is 0 Å². The normalized spacial score (nSPS) is 14.6. The van der Waals surface area contributed by atoms with E-state index in [0.29, 0.717) is 13.1 Å². The largest absolute Gasteiger partial charge is 0.507 e. The highest BCUT2D eigenvalue weighted by atomic mass is 35.5. The number of amides is 2. The molecule has 0 aromatic heterocycles. The van der Waals surface area contributed by atoms with Gasteiger partial charge in [-0.3, -0.25) is 9.59 Å². The number of phenolic OH excluding ortho intramolecular Hbond substituents is 1. The number of para-hydroxylation sites is 1. The molecule has 1 aliphatic heterocycles. The van der Waals surface area contributed by atoms with Crippen molar-refractivity contribution in [2.24, 2.45) is 0 Å². The second-order valence-electron chi connectivity index (χ2n) is 7.33. The first-order valence-corrected chi connectivity index (χ1v) is 12.2. The van der Waals surface area contributed by atoms with E-state index in [1.54, 1.807) is 41.8 Å². The summed E-state index contributed by atoms with van der Waals surface area (Å²) in [6.45, 7) is 5.23. The van der Waals surface area contributed by atoms with Crippen LogP contribution in [-0.2, 0) is 10.0 Å². The molecule has 0 aliphatic carbocycles. The van der Waals surface area contributed by atoms with E-state index in [9.17, 15) is 23.1 Å². The van der Waals surface area contributed by atoms with Crippen LogP contribution in [-0.4, -0.2) is 78.7 Å². The van der Waals surface area contributed by atoms with Gasteiger partial charge in [0.2, 0.25) is 10.0 Å². The van der Waals surface area contributed by atoms with Crippen LogP contribution in [0.5, 0.6) is 5.75 Å². The molecular formula is C22H26ClN3O5S. The molecule has 0 bridgehead atoms. The van der Waals surface area contributed by atoms with Gasteiger partial charge in [0.15, 0.2) is 0 Å². The van der Waals surface area contributed by atoms with Gasteiger partial charge in [0.25, 0.3) is 11.8 Å². The zero-order chi connectivity index (χ0) is 23.5. The maximum absolute atomic E-state index is 13.1. The summed E-state index contributed by atoms with van der Waals surface area (Å²) in [6, 6.07) is 10.5. The van der Waals surface area contributed by atoms with Crippen LogP contribution in [0.1, 0.15) is 34.6 Å². The SMILES string of the molecule is CCN(CC)S(=O)(=O)c1ccc(Cl)c(C(=O)N2CCN(C(=O)c3ccccc3O)CC2)c1. The Morgan fingerprint density at radius 1 is 0.938 bits per heavy atom. The van der Waals surface area contributed by atoms with Crippen molar-refractivity contribution in [2.45, 2.75) is 18.7 Å². The topological polar surface area (TPSA) is 98.2 Å². The van der Waals surface area contributed by atoms with Gasteiger partial charge in [0.1, 0.15) is 5.75 Å². The molecule has 1 N–H and O–H groups in total. The Balaban J connectivity index is 1.75. The smallest absolute Gasteiger partial charge is 0.257 e. The van der Waals surface area contributed by atoms with Gasteiger partial charge in [-0.05, 0) is 30.3 Å². The maximum Gasteiger partial charge on any atom is 0.257 e. The predicted octanol–water partition coefficient (Wildman–Crippen LogP) is 2.67. The number of carbonyl (C=O) groups is 2. The fraction of sp³-hybridized carbons (Fsp3) is 0.364. The Labute approximate surface area is 193 Å². The Hall–Kier alpha value is -2.62. The number of sulfonamides is 1. The number of benzene rings is 2. The van der Waals surface area contributed by atoms with Gasteiger partial charge in [0.05, 0.1) is 21.0 Å². The van der Waals surface area contributed by atoms with Gasteiger partial charge in [-0.1, -0.05) is 37.6 Å². The van der Waals surface area contributed by atoms with Crippen LogP contribution in [0.15, 0.2) is 47.4 Å². The first-order valence-electron chi connectivity index (χ1n) is 10.4. The highest BCUT2D eigenvalue weighted by molar-refractivity contribution is 7.89. The van der Waals surface area contributed by atoms with E-state index >= 15 is 0 Å². The quantitative estimate of drug-likeness (QED) is 0.686. The van der Waals surface area contributed by atoms with E-state index in [4.69, 9.17) is 11.6 Å².